The van der Waals surface area contributed by atoms with Crippen LogP contribution >= 0.6 is 0 Å². The van der Waals surface area contributed by atoms with Crippen LogP contribution in [0.3, 0.4) is 0 Å². The minimum Gasteiger partial charge on any atom is -0.406 e. The summed E-state index contributed by atoms with van der Waals surface area (Å²) in [6, 6.07) is 11.7. The van der Waals surface area contributed by atoms with Crippen LogP contribution < -0.4 is 11.1 Å². The molecular formula is C23H15N5O4S. The first-order chi connectivity index (χ1) is 15.8. The maximum absolute atomic E-state index is 11.6. The first kappa shape index (κ1) is 20.4. The second-order valence-corrected chi connectivity index (χ2v) is 9.22. The van der Waals surface area contributed by atoms with Gasteiger partial charge in [-0.25, -0.2) is 28.2 Å². The van der Waals surface area contributed by atoms with Crippen molar-refractivity contribution >= 4 is 43.3 Å². The average molecular weight is 457 g/mol. The molecule has 0 fully saturated rings. The number of pyridine rings is 3. The molecule has 0 aliphatic rings. The molecule has 5 aromatic rings. The molecule has 0 saturated heterocycles. The molecule has 9 nitrogen and oxygen atoms in total. The number of aromatic amines is 1. The third-order valence-corrected chi connectivity index (χ3v) is 5.93. The maximum atomic E-state index is 11.6. The molecule has 0 unspecified atom stereocenters. The first-order valence-electron chi connectivity index (χ1n) is 9.68. The Labute approximate surface area is 187 Å². The Balaban J connectivity index is 1.47. The van der Waals surface area contributed by atoms with E-state index >= 15 is 0 Å². The molecule has 0 aliphatic carbocycles. The summed E-state index contributed by atoms with van der Waals surface area (Å²) in [5, 5.41) is 4.81. The van der Waals surface area contributed by atoms with Crippen LogP contribution in [0.25, 0.3) is 22.0 Å². The Hall–Kier alpha value is -4.49. The number of sulfone groups is 1. The van der Waals surface area contributed by atoms with E-state index in [2.05, 4.69) is 37.1 Å². The van der Waals surface area contributed by atoms with Gasteiger partial charge in [0.25, 0.3) is 0 Å². The molecule has 10 heteroatoms. The highest BCUT2D eigenvalue weighted by Gasteiger charge is 2.08. The number of H-pyrrole nitrogens is 1. The van der Waals surface area contributed by atoms with Gasteiger partial charge in [0.05, 0.1) is 4.90 Å². The number of fused-ring (bicyclic) bond motifs is 2. The van der Waals surface area contributed by atoms with E-state index in [4.69, 9.17) is 4.42 Å². The second kappa shape index (κ2) is 7.89. The van der Waals surface area contributed by atoms with Crippen LogP contribution in [-0.2, 0) is 9.84 Å². The molecule has 4 heterocycles. The van der Waals surface area contributed by atoms with Gasteiger partial charge in [-0.1, -0.05) is 5.92 Å². The lowest BCUT2D eigenvalue weighted by molar-refractivity contribution is 0.555. The van der Waals surface area contributed by atoms with Crippen LogP contribution in [0.1, 0.15) is 11.3 Å². The molecule has 0 bridgehead atoms. The van der Waals surface area contributed by atoms with Crippen molar-refractivity contribution in [2.75, 3.05) is 11.6 Å². The number of oxazole rings is 1. The van der Waals surface area contributed by atoms with Crippen LogP contribution in [-0.4, -0.2) is 34.6 Å². The number of hydrogen-bond donors (Lipinski definition) is 2. The lowest BCUT2D eigenvalue weighted by Gasteiger charge is -2.08. The van der Waals surface area contributed by atoms with E-state index in [9.17, 15) is 13.2 Å². The minimum atomic E-state index is -3.26. The lowest BCUT2D eigenvalue weighted by atomic mass is 10.1. The average Bonchev–Trinajstić information content (AvgIpc) is 3.16. The monoisotopic (exact) mass is 457 g/mol. The number of rotatable bonds is 3. The Bertz CT molecular complexity index is 1740. The molecule has 0 radical (unpaired) electrons. The van der Waals surface area contributed by atoms with Gasteiger partial charge >= 0.3 is 5.76 Å². The zero-order valence-corrected chi connectivity index (χ0v) is 18.0. The van der Waals surface area contributed by atoms with Gasteiger partial charge in [-0.15, -0.1) is 0 Å². The van der Waals surface area contributed by atoms with Gasteiger partial charge in [-0.3, -0.25) is 4.98 Å². The fourth-order valence-electron chi connectivity index (χ4n) is 3.20. The quantitative estimate of drug-likeness (QED) is 0.395. The summed E-state index contributed by atoms with van der Waals surface area (Å²) >= 11 is 0. The van der Waals surface area contributed by atoms with Crippen molar-refractivity contribution in [3.8, 4) is 11.8 Å². The molecule has 2 N–H and O–H groups in total. The normalized spacial score (nSPS) is 11.3. The van der Waals surface area contributed by atoms with Crippen LogP contribution in [0.5, 0.6) is 0 Å². The summed E-state index contributed by atoms with van der Waals surface area (Å²) in [5.41, 5.74) is 2.50. The molecule has 0 atom stereocenters. The van der Waals surface area contributed by atoms with E-state index in [0.717, 1.165) is 17.0 Å². The van der Waals surface area contributed by atoms with E-state index < -0.39 is 15.6 Å². The summed E-state index contributed by atoms with van der Waals surface area (Å²) in [5.74, 6) is 6.02. The molecule has 0 saturated carbocycles. The molecular weight excluding hydrogens is 442 g/mol. The zero-order valence-electron chi connectivity index (χ0n) is 17.2. The molecule has 33 heavy (non-hydrogen) atoms. The van der Waals surface area contributed by atoms with Gasteiger partial charge in [0.15, 0.2) is 21.1 Å². The summed E-state index contributed by atoms with van der Waals surface area (Å²) < 4.78 is 28.3. The SMILES string of the molecule is CS(=O)(=O)c1ccc(Nc2cc3c(C#Cc4cnc5[nH]c(=O)oc5c4)nccc3cn2)cc1. The van der Waals surface area contributed by atoms with E-state index in [1.807, 2.05) is 12.1 Å². The number of nitrogens with zero attached hydrogens (tertiary/aromatic N) is 3. The van der Waals surface area contributed by atoms with Crippen molar-refractivity contribution in [2.45, 2.75) is 4.90 Å². The highest BCUT2D eigenvalue weighted by atomic mass is 32.2. The first-order valence-corrected chi connectivity index (χ1v) is 11.6. The largest absolute Gasteiger partial charge is 0.418 e. The van der Waals surface area contributed by atoms with E-state index in [-0.39, 0.29) is 4.90 Å². The van der Waals surface area contributed by atoms with Gasteiger partial charge in [0, 0.05) is 52.9 Å². The third kappa shape index (κ3) is 4.30. The van der Waals surface area contributed by atoms with Gasteiger partial charge in [-0.05, 0) is 42.3 Å². The van der Waals surface area contributed by atoms with E-state index in [0.29, 0.717) is 34.0 Å². The minimum absolute atomic E-state index is 0.243. The van der Waals surface area contributed by atoms with Crippen molar-refractivity contribution in [1.82, 2.24) is 19.9 Å². The molecule has 5 rings (SSSR count). The predicted molar refractivity (Wildman–Crippen MR) is 123 cm³/mol. The van der Waals surface area contributed by atoms with Gasteiger partial charge in [0.2, 0.25) is 0 Å². The molecule has 4 aromatic heterocycles. The predicted octanol–water partition coefficient (Wildman–Crippen LogP) is 3.01. The van der Waals surface area contributed by atoms with E-state index in [1.165, 1.54) is 12.1 Å². The fourth-order valence-corrected chi connectivity index (χ4v) is 3.84. The number of aromatic nitrogens is 4. The summed E-state index contributed by atoms with van der Waals surface area (Å²) in [7, 11) is -3.26. The fraction of sp³-hybridized carbons (Fsp3) is 0.0435. The van der Waals surface area contributed by atoms with Crippen LogP contribution in [0.2, 0.25) is 0 Å². The topological polar surface area (TPSA) is 131 Å². The number of nitrogens with one attached hydrogen (secondary N) is 2. The van der Waals surface area contributed by atoms with Gasteiger partial charge in [-0.2, -0.15) is 0 Å². The number of hydrogen-bond acceptors (Lipinski definition) is 8. The third-order valence-electron chi connectivity index (χ3n) is 4.80. The number of anilines is 2. The standard InChI is InChI=1S/C23H15N5O4S/c1-33(30,31)17-5-3-16(4-6-17)27-21-11-18-15(13-25-21)8-9-24-19(18)7-2-14-10-20-22(26-12-14)28-23(29)32-20/h3-6,8-13H,1H3,(H,25,27)(H,26,28,29). The molecule has 162 valence electrons. The number of benzene rings is 1. The van der Waals surface area contributed by atoms with Crippen LogP contribution in [0, 0.1) is 11.8 Å². The van der Waals surface area contributed by atoms with Crippen molar-refractivity contribution < 1.29 is 12.8 Å². The molecule has 0 aliphatic heterocycles. The lowest BCUT2D eigenvalue weighted by Crippen LogP contribution is -1.98. The highest BCUT2D eigenvalue weighted by Crippen LogP contribution is 2.22. The summed E-state index contributed by atoms with van der Waals surface area (Å²) in [6.07, 6.45) is 6.06. The van der Waals surface area contributed by atoms with E-state index in [1.54, 1.807) is 36.8 Å². The van der Waals surface area contributed by atoms with Crippen molar-refractivity contribution in [1.29, 1.82) is 0 Å². The van der Waals surface area contributed by atoms with Crippen LogP contribution in [0.4, 0.5) is 11.5 Å². The summed E-state index contributed by atoms with van der Waals surface area (Å²) in [6.45, 7) is 0. The van der Waals surface area contributed by atoms with Gasteiger partial charge in [0.1, 0.15) is 11.5 Å². The maximum Gasteiger partial charge on any atom is 0.418 e. The smallest absolute Gasteiger partial charge is 0.406 e. The van der Waals surface area contributed by atoms with Crippen molar-refractivity contribution in [3.05, 3.63) is 82.9 Å². The Morgan fingerprint density at radius 2 is 1.82 bits per heavy atom. The van der Waals surface area contributed by atoms with Crippen molar-refractivity contribution in [3.63, 3.8) is 0 Å². The second-order valence-electron chi connectivity index (χ2n) is 7.21. The zero-order chi connectivity index (χ0) is 23.0. The molecule has 1 aromatic carbocycles. The highest BCUT2D eigenvalue weighted by molar-refractivity contribution is 7.90. The summed E-state index contributed by atoms with van der Waals surface area (Å²) in [4.78, 5) is 26.9. The Kier molecular flexibility index (Phi) is 4.88. The van der Waals surface area contributed by atoms with Gasteiger partial charge < -0.3 is 9.73 Å². The van der Waals surface area contributed by atoms with Crippen molar-refractivity contribution in [2.24, 2.45) is 0 Å². The molecule has 0 amide bonds. The Morgan fingerprint density at radius 3 is 2.61 bits per heavy atom. The Morgan fingerprint density at radius 1 is 1.00 bits per heavy atom. The van der Waals surface area contributed by atoms with Crippen LogP contribution in [0.15, 0.2) is 75.2 Å². The molecule has 0 spiro atoms.